The van der Waals surface area contributed by atoms with E-state index in [2.05, 4.69) is 0 Å². The van der Waals surface area contributed by atoms with E-state index in [-0.39, 0.29) is 24.3 Å². The third-order valence-electron chi connectivity index (χ3n) is 6.54. The smallest absolute Gasteiger partial charge is 0.256 e. The van der Waals surface area contributed by atoms with Crippen LogP contribution in [0.15, 0.2) is 54.6 Å². The number of halogens is 1. The second-order valence-electron chi connectivity index (χ2n) is 8.47. The summed E-state index contributed by atoms with van der Waals surface area (Å²) in [5.74, 6) is -0.480. The molecule has 174 valence electrons. The van der Waals surface area contributed by atoms with Crippen LogP contribution in [-0.2, 0) is 9.53 Å². The fraction of sp³-hybridized carbons (Fsp3) is 0.400. The van der Waals surface area contributed by atoms with Gasteiger partial charge in [0.25, 0.3) is 11.8 Å². The van der Waals surface area contributed by atoms with E-state index in [1.807, 2.05) is 13.0 Å². The Bertz CT molecular complexity index is 1040. The minimum absolute atomic E-state index is 0.107. The number of amides is 3. The number of rotatable bonds is 4. The maximum absolute atomic E-state index is 13.6. The maximum atomic E-state index is 13.6. The van der Waals surface area contributed by atoms with E-state index in [9.17, 15) is 14.4 Å². The minimum atomic E-state index is -0.924. The van der Waals surface area contributed by atoms with Gasteiger partial charge in [0.1, 0.15) is 11.8 Å². The van der Waals surface area contributed by atoms with Crippen LogP contribution in [0.5, 0.6) is 0 Å². The molecule has 0 N–H and O–H groups in total. The molecule has 1 spiro atoms. The number of benzene rings is 2. The molecule has 0 bridgehead atoms. The fourth-order valence-corrected chi connectivity index (χ4v) is 4.74. The summed E-state index contributed by atoms with van der Waals surface area (Å²) in [7, 11) is 1.73. The molecule has 2 fully saturated rings. The summed E-state index contributed by atoms with van der Waals surface area (Å²) in [5, 5.41) is 0.509. The molecule has 0 radical (unpaired) electrons. The maximum Gasteiger partial charge on any atom is 0.256 e. The first-order valence-electron chi connectivity index (χ1n) is 11.2. The number of nitrogens with zero attached hydrogens (tertiary/aromatic N) is 3. The molecule has 0 saturated carbocycles. The standard InChI is InChI=1S/C25H28ClN3O4/c1-3-27(2)24(32)21-17-33-25(29(21)23(31)18-8-5-4-6-9-18)12-14-28(15-13-25)22(30)19-10-7-11-20(26)16-19/h4-11,16,21H,3,12-15,17H2,1-2H3. The molecule has 0 aromatic heterocycles. The van der Waals surface area contributed by atoms with Gasteiger partial charge < -0.3 is 14.5 Å². The Morgan fingerprint density at radius 2 is 1.70 bits per heavy atom. The van der Waals surface area contributed by atoms with Gasteiger partial charge in [0, 0.05) is 55.7 Å². The molecule has 7 nitrogen and oxygen atoms in total. The number of piperidine rings is 1. The van der Waals surface area contributed by atoms with Crippen LogP contribution in [-0.4, -0.2) is 77.5 Å². The van der Waals surface area contributed by atoms with Crippen molar-refractivity contribution in [3.05, 3.63) is 70.7 Å². The fourth-order valence-electron chi connectivity index (χ4n) is 4.55. The van der Waals surface area contributed by atoms with Gasteiger partial charge in [0.05, 0.1) is 6.61 Å². The summed E-state index contributed by atoms with van der Waals surface area (Å²) in [6, 6.07) is 15.1. The van der Waals surface area contributed by atoms with Crippen molar-refractivity contribution < 1.29 is 19.1 Å². The van der Waals surface area contributed by atoms with E-state index < -0.39 is 11.8 Å². The number of carbonyl (C=O) groups is 3. The molecule has 2 aromatic rings. The molecule has 1 unspecified atom stereocenters. The first-order chi connectivity index (χ1) is 15.9. The second-order valence-corrected chi connectivity index (χ2v) is 8.91. The molecule has 3 amide bonds. The van der Waals surface area contributed by atoms with Crippen LogP contribution in [0.1, 0.15) is 40.5 Å². The Balaban J connectivity index is 1.58. The molecular weight excluding hydrogens is 442 g/mol. The van der Waals surface area contributed by atoms with Gasteiger partial charge in [-0.1, -0.05) is 35.9 Å². The largest absolute Gasteiger partial charge is 0.353 e. The van der Waals surface area contributed by atoms with Crippen molar-refractivity contribution in [2.75, 3.05) is 33.3 Å². The van der Waals surface area contributed by atoms with Gasteiger partial charge in [0.2, 0.25) is 5.91 Å². The van der Waals surface area contributed by atoms with Crippen molar-refractivity contribution in [3.8, 4) is 0 Å². The Morgan fingerprint density at radius 3 is 2.33 bits per heavy atom. The van der Waals surface area contributed by atoms with Crippen molar-refractivity contribution in [1.29, 1.82) is 0 Å². The second kappa shape index (κ2) is 9.53. The van der Waals surface area contributed by atoms with E-state index in [0.29, 0.717) is 48.6 Å². The van der Waals surface area contributed by atoms with Crippen molar-refractivity contribution in [3.63, 3.8) is 0 Å². The Morgan fingerprint density at radius 1 is 1.03 bits per heavy atom. The first-order valence-corrected chi connectivity index (χ1v) is 11.6. The van der Waals surface area contributed by atoms with Gasteiger partial charge in [-0.2, -0.15) is 0 Å². The molecule has 2 aromatic carbocycles. The zero-order chi connectivity index (χ0) is 23.6. The van der Waals surface area contributed by atoms with Crippen LogP contribution < -0.4 is 0 Å². The summed E-state index contributed by atoms with van der Waals surface area (Å²) < 4.78 is 6.22. The lowest BCUT2D eigenvalue weighted by Gasteiger charge is -2.44. The number of ether oxygens (including phenoxy) is 1. The summed E-state index contributed by atoms with van der Waals surface area (Å²) >= 11 is 6.05. The first kappa shape index (κ1) is 23.3. The van der Waals surface area contributed by atoms with Crippen LogP contribution >= 0.6 is 11.6 Å². The van der Waals surface area contributed by atoms with E-state index in [1.165, 1.54) is 0 Å². The minimum Gasteiger partial charge on any atom is -0.353 e. The number of likely N-dealkylation sites (tertiary alicyclic amines) is 1. The van der Waals surface area contributed by atoms with E-state index in [0.717, 1.165) is 0 Å². The highest BCUT2D eigenvalue weighted by Gasteiger charge is 2.54. The predicted molar refractivity (Wildman–Crippen MR) is 125 cm³/mol. The third-order valence-corrected chi connectivity index (χ3v) is 6.77. The van der Waals surface area contributed by atoms with Crippen molar-refractivity contribution >= 4 is 29.3 Å². The van der Waals surface area contributed by atoms with Crippen molar-refractivity contribution in [2.45, 2.75) is 31.5 Å². The van der Waals surface area contributed by atoms with Gasteiger partial charge in [-0.15, -0.1) is 0 Å². The number of hydrogen-bond acceptors (Lipinski definition) is 4. The molecule has 33 heavy (non-hydrogen) atoms. The quantitative estimate of drug-likeness (QED) is 0.689. The van der Waals surface area contributed by atoms with Gasteiger partial charge in [-0.25, -0.2) is 0 Å². The summed E-state index contributed by atoms with van der Waals surface area (Å²) in [4.78, 5) is 44.7. The molecule has 2 aliphatic rings. The third kappa shape index (κ3) is 4.48. The molecule has 2 aliphatic heterocycles. The van der Waals surface area contributed by atoms with Crippen LogP contribution in [0.4, 0.5) is 0 Å². The predicted octanol–water partition coefficient (Wildman–Crippen LogP) is 3.29. The molecule has 2 saturated heterocycles. The Hall–Kier alpha value is -2.90. The van der Waals surface area contributed by atoms with Gasteiger partial charge in [-0.3, -0.25) is 19.3 Å². The monoisotopic (exact) mass is 469 g/mol. The molecule has 8 heteroatoms. The average Bonchev–Trinajstić information content (AvgIpc) is 3.21. The SMILES string of the molecule is CCN(C)C(=O)C1COC2(CCN(C(=O)c3cccc(Cl)c3)CC2)N1C(=O)c1ccccc1. The van der Waals surface area contributed by atoms with Crippen LogP contribution in [0.3, 0.4) is 0 Å². The van der Waals surface area contributed by atoms with Crippen molar-refractivity contribution in [1.82, 2.24) is 14.7 Å². The van der Waals surface area contributed by atoms with Gasteiger partial charge in [-0.05, 0) is 37.3 Å². The number of hydrogen-bond donors (Lipinski definition) is 0. The lowest BCUT2D eigenvalue weighted by molar-refractivity contribution is -0.136. The highest BCUT2D eigenvalue weighted by atomic mass is 35.5. The summed E-state index contributed by atoms with van der Waals surface area (Å²) in [5.41, 5.74) is 0.116. The summed E-state index contributed by atoms with van der Waals surface area (Å²) in [6.07, 6.45) is 0.856. The van der Waals surface area contributed by atoms with Crippen molar-refractivity contribution in [2.24, 2.45) is 0 Å². The van der Waals surface area contributed by atoms with Crippen LogP contribution in [0.2, 0.25) is 5.02 Å². The molecule has 4 rings (SSSR count). The zero-order valence-electron chi connectivity index (χ0n) is 18.9. The molecule has 2 heterocycles. The van der Waals surface area contributed by atoms with E-state index >= 15 is 0 Å². The van der Waals surface area contributed by atoms with Gasteiger partial charge in [0.15, 0.2) is 0 Å². The highest BCUT2D eigenvalue weighted by molar-refractivity contribution is 6.30. The molecule has 0 aliphatic carbocycles. The van der Waals surface area contributed by atoms with Crippen LogP contribution in [0.25, 0.3) is 0 Å². The highest BCUT2D eigenvalue weighted by Crippen LogP contribution is 2.39. The molecular formula is C25H28ClN3O4. The van der Waals surface area contributed by atoms with Crippen LogP contribution in [0, 0.1) is 0 Å². The Labute approximate surface area is 198 Å². The molecule has 1 atom stereocenters. The van der Waals surface area contributed by atoms with Gasteiger partial charge >= 0.3 is 0 Å². The zero-order valence-corrected chi connectivity index (χ0v) is 19.6. The van der Waals surface area contributed by atoms with E-state index in [1.54, 1.807) is 70.3 Å². The van der Waals surface area contributed by atoms with E-state index in [4.69, 9.17) is 16.3 Å². The average molecular weight is 470 g/mol. The lowest BCUT2D eigenvalue weighted by atomic mass is 9.96. The summed E-state index contributed by atoms with van der Waals surface area (Å²) in [6.45, 7) is 3.40. The number of carbonyl (C=O) groups excluding carboxylic acids is 3. The topological polar surface area (TPSA) is 70.2 Å². The number of likely N-dealkylation sites (N-methyl/N-ethyl adjacent to an activating group) is 1. The normalized spacial score (nSPS) is 19.5. The lowest BCUT2D eigenvalue weighted by Crippen LogP contribution is -2.59. The Kier molecular flexibility index (Phi) is 6.72.